The van der Waals surface area contributed by atoms with E-state index in [1.54, 1.807) is 42.6 Å². The van der Waals surface area contributed by atoms with E-state index in [0.29, 0.717) is 17.1 Å². The quantitative estimate of drug-likeness (QED) is 0.929. The zero-order valence-electron chi connectivity index (χ0n) is 10.9. The number of benzene rings is 1. The highest BCUT2D eigenvalue weighted by atomic mass is 32.2. The van der Waals surface area contributed by atoms with E-state index in [1.165, 1.54) is 6.26 Å². The van der Waals surface area contributed by atoms with Gasteiger partial charge in [0, 0.05) is 24.7 Å². The summed E-state index contributed by atoms with van der Waals surface area (Å²) in [6.45, 7) is 0.541. The van der Waals surface area contributed by atoms with Crippen molar-refractivity contribution in [2.75, 3.05) is 11.6 Å². The predicted octanol–water partition coefficient (Wildman–Crippen LogP) is 1.97. The number of pyridine rings is 1. The number of rotatable bonds is 4. The molecular formula is C14H13N3O2S. The molecule has 0 saturated heterocycles. The van der Waals surface area contributed by atoms with Crippen molar-refractivity contribution in [2.45, 2.75) is 11.4 Å². The largest absolute Gasteiger partial charge is 0.381 e. The maximum atomic E-state index is 11.3. The minimum atomic E-state index is -3.16. The summed E-state index contributed by atoms with van der Waals surface area (Å²) >= 11 is 0. The van der Waals surface area contributed by atoms with Gasteiger partial charge in [0.2, 0.25) is 0 Å². The summed E-state index contributed by atoms with van der Waals surface area (Å²) in [6, 6.07) is 12.1. The van der Waals surface area contributed by atoms with Crippen LogP contribution in [0.4, 0.5) is 5.69 Å². The monoisotopic (exact) mass is 287 g/mol. The molecule has 0 unspecified atom stereocenters. The van der Waals surface area contributed by atoms with Crippen molar-refractivity contribution in [3.8, 4) is 6.07 Å². The fourth-order valence-corrected chi connectivity index (χ4v) is 2.29. The molecule has 0 spiro atoms. The highest BCUT2D eigenvalue weighted by Crippen LogP contribution is 2.13. The minimum Gasteiger partial charge on any atom is -0.381 e. The van der Waals surface area contributed by atoms with Gasteiger partial charge >= 0.3 is 0 Å². The van der Waals surface area contributed by atoms with Crippen LogP contribution < -0.4 is 5.32 Å². The molecule has 2 rings (SSSR count). The van der Waals surface area contributed by atoms with Gasteiger partial charge in [0.05, 0.1) is 4.90 Å². The summed E-state index contributed by atoms with van der Waals surface area (Å²) in [7, 11) is -3.16. The fourth-order valence-electron chi connectivity index (χ4n) is 1.66. The van der Waals surface area contributed by atoms with Gasteiger partial charge in [-0.3, -0.25) is 0 Å². The lowest BCUT2D eigenvalue weighted by Gasteiger charge is -2.07. The molecule has 102 valence electrons. The summed E-state index contributed by atoms with van der Waals surface area (Å²) in [5.41, 5.74) is 2.10. The van der Waals surface area contributed by atoms with Gasteiger partial charge in [-0.1, -0.05) is 12.1 Å². The zero-order chi connectivity index (χ0) is 14.6. The summed E-state index contributed by atoms with van der Waals surface area (Å²) in [4.78, 5) is 4.19. The van der Waals surface area contributed by atoms with Crippen LogP contribution in [-0.2, 0) is 16.4 Å². The van der Waals surface area contributed by atoms with Crippen LogP contribution in [0.5, 0.6) is 0 Å². The molecule has 0 bridgehead atoms. The Kier molecular flexibility index (Phi) is 4.01. The van der Waals surface area contributed by atoms with Crippen LogP contribution in [0.25, 0.3) is 0 Å². The second-order valence-corrected chi connectivity index (χ2v) is 6.33. The first-order chi connectivity index (χ1) is 9.49. The van der Waals surface area contributed by atoms with Crippen LogP contribution >= 0.6 is 0 Å². The number of hydrogen-bond donors (Lipinski definition) is 1. The van der Waals surface area contributed by atoms with E-state index in [9.17, 15) is 8.42 Å². The molecule has 0 aliphatic heterocycles. The summed E-state index contributed by atoms with van der Waals surface area (Å²) in [5, 5.41) is 11.9. The van der Waals surface area contributed by atoms with Crippen LogP contribution in [-0.4, -0.2) is 19.7 Å². The number of nitrogens with one attached hydrogen (secondary N) is 1. The SMILES string of the molecule is CS(=O)(=O)c1ccc(CNc2ccnc(C#N)c2)cc1. The van der Waals surface area contributed by atoms with Gasteiger partial charge in [-0.15, -0.1) is 0 Å². The second kappa shape index (κ2) is 5.72. The molecule has 0 fully saturated rings. The molecular weight excluding hydrogens is 274 g/mol. The normalized spacial score (nSPS) is 10.8. The Labute approximate surface area is 117 Å². The first kappa shape index (κ1) is 14.0. The van der Waals surface area contributed by atoms with Crippen molar-refractivity contribution in [1.82, 2.24) is 4.98 Å². The molecule has 1 N–H and O–H groups in total. The highest BCUT2D eigenvalue weighted by molar-refractivity contribution is 7.90. The molecule has 1 heterocycles. The Morgan fingerprint density at radius 2 is 1.95 bits per heavy atom. The van der Waals surface area contributed by atoms with Crippen molar-refractivity contribution in [2.24, 2.45) is 0 Å². The summed E-state index contributed by atoms with van der Waals surface area (Å²) < 4.78 is 22.7. The third-order valence-corrected chi connectivity index (χ3v) is 3.85. The fraction of sp³-hybridized carbons (Fsp3) is 0.143. The topological polar surface area (TPSA) is 82.8 Å². The third kappa shape index (κ3) is 3.56. The lowest BCUT2D eigenvalue weighted by molar-refractivity contribution is 0.602. The van der Waals surface area contributed by atoms with Gasteiger partial charge < -0.3 is 5.32 Å². The number of sulfone groups is 1. The van der Waals surface area contributed by atoms with Gasteiger partial charge in [-0.2, -0.15) is 5.26 Å². The van der Waals surface area contributed by atoms with Gasteiger partial charge in [0.25, 0.3) is 0 Å². The second-order valence-electron chi connectivity index (χ2n) is 4.31. The average molecular weight is 287 g/mol. The molecule has 6 heteroatoms. The minimum absolute atomic E-state index is 0.303. The number of hydrogen-bond acceptors (Lipinski definition) is 5. The highest BCUT2D eigenvalue weighted by Gasteiger charge is 2.05. The van der Waals surface area contributed by atoms with Crippen molar-refractivity contribution >= 4 is 15.5 Å². The molecule has 2 aromatic rings. The van der Waals surface area contributed by atoms with Crippen molar-refractivity contribution < 1.29 is 8.42 Å². The Morgan fingerprint density at radius 3 is 2.55 bits per heavy atom. The number of nitrogens with zero attached hydrogens (tertiary/aromatic N) is 2. The molecule has 5 nitrogen and oxygen atoms in total. The summed E-state index contributed by atoms with van der Waals surface area (Å²) in [6.07, 6.45) is 2.74. The maximum Gasteiger partial charge on any atom is 0.175 e. The van der Waals surface area contributed by atoms with Crippen LogP contribution in [0.3, 0.4) is 0 Å². The summed E-state index contributed by atoms with van der Waals surface area (Å²) in [5.74, 6) is 0. The zero-order valence-corrected chi connectivity index (χ0v) is 11.7. The number of nitriles is 1. The van der Waals surface area contributed by atoms with E-state index in [1.807, 2.05) is 6.07 Å². The van der Waals surface area contributed by atoms with Crippen molar-refractivity contribution in [3.63, 3.8) is 0 Å². The van der Waals surface area contributed by atoms with Crippen molar-refractivity contribution in [3.05, 3.63) is 53.9 Å². The Balaban J connectivity index is 2.06. The molecule has 0 aliphatic carbocycles. The van der Waals surface area contributed by atoms with Crippen LogP contribution in [0.1, 0.15) is 11.3 Å². The van der Waals surface area contributed by atoms with Gasteiger partial charge in [0.15, 0.2) is 9.84 Å². The van der Waals surface area contributed by atoms with Crippen LogP contribution in [0.15, 0.2) is 47.5 Å². The van der Waals surface area contributed by atoms with E-state index in [0.717, 1.165) is 11.3 Å². The molecule has 1 aromatic heterocycles. The Bertz CT molecular complexity index is 747. The predicted molar refractivity (Wildman–Crippen MR) is 75.8 cm³/mol. The van der Waals surface area contributed by atoms with E-state index >= 15 is 0 Å². The first-order valence-electron chi connectivity index (χ1n) is 5.88. The van der Waals surface area contributed by atoms with E-state index in [2.05, 4.69) is 10.3 Å². The van der Waals surface area contributed by atoms with E-state index < -0.39 is 9.84 Å². The number of anilines is 1. The molecule has 20 heavy (non-hydrogen) atoms. The maximum absolute atomic E-state index is 11.3. The van der Waals surface area contributed by atoms with Gasteiger partial charge in [-0.25, -0.2) is 13.4 Å². The standard InChI is InChI=1S/C14H13N3O2S/c1-20(18,19)14-4-2-11(3-5-14)10-17-12-6-7-16-13(8-12)9-15/h2-8H,10H2,1H3,(H,16,17). The first-order valence-corrected chi connectivity index (χ1v) is 7.77. The van der Waals surface area contributed by atoms with Crippen molar-refractivity contribution in [1.29, 1.82) is 5.26 Å². The smallest absolute Gasteiger partial charge is 0.175 e. The van der Waals surface area contributed by atoms with Crippen LogP contribution in [0.2, 0.25) is 0 Å². The molecule has 0 radical (unpaired) electrons. The Morgan fingerprint density at radius 1 is 1.25 bits per heavy atom. The third-order valence-electron chi connectivity index (χ3n) is 2.72. The molecule has 0 atom stereocenters. The molecule has 0 saturated carbocycles. The van der Waals surface area contributed by atoms with E-state index in [-0.39, 0.29) is 0 Å². The van der Waals surface area contributed by atoms with E-state index in [4.69, 9.17) is 5.26 Å². The molecule has 0 aliphatic rings. The van der Waals surface area contributed by atoms with Gasteiger partial charge in [0.1, 0.15) is 11.8 Å². The lowest BCUT2D eigenvalue weighted by Crippen LogP contribution is -2.01. The average Bonchev–Trinajstić information content (AvgIpc) is 2.45. The van der Waals surface area contributed by atoms with Gasteiger partial charge in [-0.05, 0) is 29.8 Å². The lowest BCUT2D eigenvalue weighted by atomic mass is 10.2. The molecule has 1 aromatic carbocycles. The number of aromatic nitrogens is 1. The Hall–Kier alpha value is -2.39. The molecule has 0 amide bonds. The van der Waals surface area contributed by atoms with Crippen LogP contribution in [0, 0.1) is 11.3 Å².